The van der Waals surface area contributed by atoms with Gasteiger partial charge in [-0.3, -0.25) is 0 Å². The Labute approximate surface area is 268 Å². The summed E-state index contributed by atoms with van der Waals surface area (Å²) in [6.07, 6.45) is 0. The zero-order valence-electron chi connectivity index (χ0n) is 24.9. The SMILES string of the molecule is Cc1cc(-c2ccc3c(c2)sc2ccc(-c4cc(F)cc(F)c4)cc23)ccc1-c1ccc2c3ccccc3c3ccccc3c2c1. The predicted molar refractivity (Wildman–Crippen MR) is 193 cm³/mol. The third kappa shape index (κ3) is 4.31. The normalized spacial score (nSPS) is 11.8. The molecule has 0 atom stereocenters. The van der Waals surface area contributed by atoms with Gasteiger partial charge < -0.3 is 0 Å². The zero-order chi connectivity index (χ0) is 30.9. The fraction of sp³-hybridized carbons (Fsp3) is 0.0233. The van der Waals surface area contributed by atoms with E-state index in [9.17, 15) is 8.78 Å². The minimum atomic E-state index is -0.570. The molecule has 0 spiro atoms. The van der Waals surface area contributed by atoms with Crippen LogP contribution in [0.1, 0.15) is 5.56 Å². The van der Waals surface area contributed by atoms with Crippen LogP contribution in [0.15, 0.2) is 140 Å². The lowest BCUT2D eigenvalue weighted by molar-refractivity contribution is 0.584. The van der Waals surface area contributed by atoms with Crippen LogP contribution in [-0.4, -0.2) is 0 Å². The molecule has 0 amide bonds. The first kappa shape index (κ1) is 27.0. The van der Waals surface area contributed by atoms with Crippen LogP contribution in [0.3, 0.4) is 0 Å². The fourth-order valence-corrected chi connectivity index (χ4v) is 8.22. The summed E-state index contributed by atoms with van der Waals surface area (Å²) in [5.74, 6) is -1.14. The molecular weight excluding hydrogens is 587 g/mol. The second-order valence-corrected chi connectivity index (χ2v) is 13.1. The monoisotopic (exact) mass is 612 g/mol. The van der Waals surface area contributed by atoms with Gasteiger partial charge in [-0.05, 0) is 115 Å². The third-order valence-corrected chi connectivity index (χ3v) is 10.4. The van der Waals surface area contributed by atoms with Gasteiger partial charge in [0.1, 0.15) is 11.6 Å². The molecular formula is C43H26F2S. The molecule has 46 heavy (non-hydrogen) atoms. The maximum atomic E-state index is 13.9. The van der Waals surface area contributed by atoms with Gasteiger partial charge in [0.25, 0.3) is 0 Å². The van der Waals surface area contributed by atoms with E-state index >= 15 is 0 Å². The quantitative estimate of drug-likeness (QED) is 0.174. The number of fused-ring (bicyclic) bond motifs is 9. The van der Waals surface area contributed by atoms with Gasteiger partial charge in [-0.15, -0.1) is 11.3 Å². The van der Waals surface area contributed by atoms with E-state index < -0.39 is 11.6 Å². The standard InChI is InChI=1S/C43H26F2S/c1-25-18-26(28-11-16-39-41-21-27(13-17-42(41)46-43(39)23-28)30-19-31(44)24-32(45)20-30)10-14-33(25)29-12-15-38-36-8-3-2-6-34(36)35-7-4-5-9-37(35)40(38)22-29/h2-24H,1H3. The molecule has 1 heterocycles. The molecule has 9 aromatic rings. The van der Waals surface area contributed by atoms with Gasteiger partial charge in [0.15, 0.2) is 0 Å². The first-order valence-corrected chi connectivity index (χ1v) is 16.2. The lowest BCUT2D eigenvalue weighted by Gasteiger charge is -2.14. The molecule has 0 radical (unpaired) electrons. The Morgan fingerprint density at radius 2 is 0.891 bits per heavy atom. The molecule has 0 fully saturated rings. The average molecular weight is 613 g/mol. The van der Waals surface area contributed by atoms with E-state index in [4.69, 9.17) is 0 Å². The Morgan fingerprint density at radius 3 is 1.59 bits per heavy atom. The topological polar surface area (TPSA) is 0 Å². The van der Waals surface area contributed by atoms with Gasteiger partial charge in [0.05, 0.1) is 0 Å². The highest BCUT2D eigenvalue weighted by molar-refractivity contribution is 7.25. The van der Waals surface area contributed by atoms with Crippen molar-refractivity contribution < 1.29 is 8.78 Å². The lowest BCUT2D eigenvalue weighted by Crippen LogP contribution is -1.88. The summed E-state index contributed by atoms with van der Waals surface area (Å²) >= 11 is 1.74. The molecule has 0 aliphatic heterocycles. The summed E-state index contributed by atoms with van der Waals surface area (Å²) in [4.78, 5) is 0. The molecule has 0 aliphatic carbocycles. The van der Waals surface area contributed by atoms with E-state index in [0.717, 1.165) is 32.7 Å². The van der Waals surface area contributed by atoms with Crippen LogP contribution in [0.2, 0.25) is 0 Å². The summed E-state index contributed by atoms with van der Waals surface area (Å²) in [7, 11) is 0. The number of halogens is 2. The van der Waals surface area contributed by atoms with Crippen LogP contribution in [0, 0.1) is 18.6 Å². The van der Waals surface area contributed by atoms with E-state index in [1.54, 1.807) is 11.3 Å². The minimum Gasteiger partial charge on any atom is -0.207 e. The van der Waals surface area contributed by atoms with Gasteiger partial charge in [-0.25, -0.2) is 8.78 Å². The van der Waals surface area contributed by atoms with Crippen molar-refractivity contribution in [3.8, 4) is 33.4 Å². The average Bonchev–Trinajstić information content (AvgIpc) is 3.45. The van der Waals surface area contributed by atoms with E-state index in [2.05, 4.69) is 110 Å². The van der Waals surface area contributed by atoms with Crippen molar-refractivity contribution in [3.05, 3.63) is 157 Å². The number of thiophene rings is 1. The van der Waals surface area contributed by atoms with Crippen molar-refractivity contribution in [2.45, 2.75) is 6.92 Å². The first-order valence-electron chi connectivity index (χ1n) is 15.4. The number of benzene rings is 8. The molecule has 1 aromatic heterocycles. The van der Waals surface area contributed by atoms with Gasteiger partial charge in [0, 0.05) is 26.2 Å². The van der Waals surface area contributed by atoms with E-state index in [1.807, 2.05) is 18.2 Å². The summed E-state index contributed by atoms with van der Waals surface area (Å²) in [6, 6.07) is 47.3. The molecule has 3 heteroatoms. The fourth-order valence-electron chi connectivity index (χ4n) is 7.10. The van der Waals surface area contributed by atoms with Crippen molar-refractivity contribution in [2.75, 3.05) is 0 Å². The molecule has 0 bridgehead atoms. The second-order valence-electron chi connectivity index (χ2n) is 12.1. The molecule has 218 valence electrons. The summed E-state index contributed by atoms with van der Waals surface area (Å²) in [5, 5.41) is 9.92. The Kier molecular flexibility index (Phi) is 6.06. The molecule has 8 aromatic carbocycles. The van der Waals surface area contributed by atoms with Crippen molar-refractivity contribution in [2.24, 2.45) is 0 Å². The molecule has 0 saturated carbocycles. The Morgan fingerprint density at radius 1 is 0.370 bits per heavy atom. The highest BCUT2D eigenvalue weighted by atomic mass is 32.1. The van der Waals surface area contributed by atoms with Gasteiger partial charge in [0.2, 0.25) is 0 Å². The van der Waals surface area contributed by atoms with Crippen LogP contribution in [0.5, 0.6) is 0 Å². The first-order chi connectivity index (χ1) is 22.5. The van der Waals surface area contributed by atoms with Crippen LogP contribution in [0.4, 0.5) is 8.78 Å². The van der Waals surface area contributed by atoms with Gasteiger partial charge >= 0.3 is 0 Å². The van der Waals surface area contributed by atoms with Crippen molar-refractivity contribution in [3.63, 3.8) is 0 Å². The number of hydrogen-bond acceptors (Lipinski definition) is 1. The summed E-state index contributed by atoms with van der Waals surface area (Å²) < 4.78 is 30.2. The summed E-state index contributed by atoms with van der Waals surface area (Å²) in [6.45, 7) is 2.19. The molecule has 0 aliphatic rings. The largest absolute Gasteiger partial charge is 0.207 e. The van der Waals surface area contributed by atoms with Crippen molar-refractivity contribution >= 4 is 63.8 Å². The van der Waals surface area contributed by atoms with E-state index in [0.29, 0.717) is 5.56 Å². The Bertz CT molecular complexity index is 2630. The molecule has 0 saturated heterocycles. The summed E-state index contributed by atoms with van der Waals surface area (Å²) in [5.41, 5.74) is 7.35. The maximum absolute atomic E-state index is 13.9. The highest BCUT2D eigenvalue weighted by Gasteiger charge is 2.13. The third-order valence-electron chi connectivity index (χ3n) is 9.28. The number of rotatable bonds is 3. The molecule has 0 unspecified atom stereocenters. The van der Waals surface area contributed by atoms with E-state index in [1.165, 1.54) is 71.4 Å². The van der Waals surface area contributed by atoms with Crippen molar-refractivity contribution in [1.82, 2.24) is 0 Å². The molecule has 0 N–H and O–H groups in total. The highest BCUT2D eigenvalue weighted by Crippen LogP contribution is 2.41. The van der Waals surface area contributed by atoms with Crippen LogP contribution in [-0.2, 0) is 0 Å². The van der Waals surface area contributed by atoms with Crippen molar-refractivity contribution in [1.29, 1.82) is 0 Å². The zero-order valence-corrected chi connectivity index (χ0v) is 25.8. The lowest BCUT2D eigenvalue weighted by atomic mass is 9.90. The van der Waals surface area contributed by atoms with Crippen LogP contribution in [0.25, 0.3) is 85.9 Å². The second kappa shape index (κ2) is 10.3. The van der Waals surface area contributed by atoms with Gasteiger partial charge in [-0.2, -0.15) is 0 Å². The van der Waals surface area contributed by atoms with Crippen LogP contribution < -0.4 is 0 Å². The Hall–Kier alpha value is -5.38. The predicted octanol–water partition coefficient (Wildman–Crippen LogP) is 13.1. The maximum Gasteiger partial charge on any atom is 0.126 e. The molecule has 0 nitrogen and oxygen atoms in total. The number of aryl methyl sites for hydroxylation is 1. The Balaban J connectivity index is 1.11. The molecule has 9 rings (SSSR count). The smallest absolute Gasteiger partial charge is 0.126 e. The van der Waals surface area contributed by atoms with E-state index in [-0.39, 0.29) is 0 Å². The van der Waals surface area contributed by atoms with Crippen LogP contribution >= 0.6 is 11.3 Å². The minimum absolute atomic E-state index is 0.541. The van der Waals surface area contributed by atoms with Gasteiger partial charge in [-0.1, -0.05) is 97.1 Å². The number of hydrogen-bond donors (Lipinski definition) is 0.